The molecule has 42 heavy (non-hydrogen) atoms. The van der Waals surface area contributed by atoms with Crippen molar-refractivity contribution in [3.05, 3.63) is 59.7 Å². The number of aliphatic hydroxyl groups is 8. The minimum Gasteiger partial charge on any atom is -0.504 e. The van der Waals surface area contributed by atoms with Gasteiger partial charge >= 0.3 is 0 Å². The second-order valence-corrected chi connectivity index (χ2v) is 9.79. The first kappa shape index (κ1) is 31.7. The van der Waals surface area contributed by atoms with E-state index in [1.165, 1.54) is 12.1 Å². The fourth-order valence-corrected chi connectivity index (χ4v) is 4.35. The third-order valence-electron chi connectivity index (χ3n) is 6.79. The van der Waals surface area contributed by atoms with Crippen LogP contribution < -0.4 is 9.47 Å². The summed E-state index contributed by atoms with van der Waals surface area (Å²) in [5.41, 5.74) is 1.31. The fourth-order valence-electron chi connectivity index (χ4n) is 4.35. The zero-order valence-electron chi connectivity index (χ0n) is 22.2. The van der Waals surface area contributed by atoms with Crippen LogP contribution in [0.3, 0.4) is 0 Å². The molecule has 2 fully saturated rings. The number of ether oxygens (including phenoxy) is 4. The van der Waals surface area contributed by atoms with Crippen LogP contribution in [0.1, 0.15) is 17.5 Å². The Morgan fingerprint density at radius 2 is 1.29 bits per heavy atom. The van der Waals surface area contributed by atoms with Crippen LogP contribution in [0.5, 0.6) is 17.2 Å². The van der Waals surface area contributed by atoms with Gasteiger partial charge in [0.25, 0.3) is 0 Å². The molecule has 2 aliphatic rings. The predicted octanol–water partition coefficient (Wildman–Crippen LogP) is -1.80. The van der Waals surface area contributed by atoms with Crippen LogP contribution in [-0.4, -0.2) is 121 Å². The van der Waals surface area contributed by atoms with Crippen molar-refractivity contribution >= 4 is 6.08 Å². The van der Waals surface area contributed by atoms with Gasteiger partial charge in [0.15, 0.2) is 11.5 Å². The molecule has 0 aromatic heterocycles. The zero-order chi connectivity index (χ0) is 30.4. The molecule has 9 N–H and O–H groups in total. The highest BCUT2D eigenvalue weighted by atomic mass is 16.7. The van der Waals surface area contributed by atoms with Crippen molar-refractivity contribution in [1.29, 1.82) is 0 Å². The zero-order valence-corrected chi connectivity index (χ0v) is 22.2. The first-order valence-corrected chi connectivity index (χ1v) is 13.2. The van der Waals surface area contributed by atoms with Gasteiger partial charge in [0.05, 0.1) is 13.2 Å². The Labute approximate surface area is 241 Å². The second kappa shape index (κ2) is 14.3. The van der Waals surface area contributed by atoms with Gasteiger partial charge in [-0.05, 0) is 35.9 Å². The van der Waals surface area contributed by atoms with Gasteiger partial charge in [0.1, 0.15) is 54.6 Å². The maximum absolute atomic E-state index is 10.3. The van der Waals surface area contributed by atoms with E-state index in [1.54, 1.807) is 30.3 Å². The number of benzene rings is 2. The number of hydrogen-bond acceptors (Lipinski definition) is 13. The first-order valence-electron chi connectivity index (χ1n) is 13.2. The number of phenolic OH excluding ortho intramolecular Hbond substituents is 1. The molecule has 4 rings (SSSR count). The van der Waals surface area contributed by atoms with Crippen LogP contribution in [0.15, 0.2) is 48.5 Å². The van der Waals surface area contributed by atoms with Crippen molar-refractivity contribution < 1.29 is 64.9 Å². The molecule has 0 radical (unpaired) electrons. The molecule has 0 saturated carbocycles. The standard InChI is InChI=1S/C29H34O13/c30-13-20-22(33)24(35)26(37)28(41-20)39-17-9-6-15(7-10-17)4-2-1-3-5-16-8-11-19(18(32)12-16)40-29-27(38)25(36)23(34)21(14-31)42-29/h2,4,6-12,20-38H,1,13-14H2/b4-2+/t20-,21-,22-,23-,24+,25+,26-,27-,28-,29-/m1/s1. The van der Waals surface area contributed by atoms with Gasteiger partial charge in [0.2, 0.25) is 12.6 Å². The summed E-state index contributed by atoms with van der Waals surface area (Å²) >= 11 is 0. The average Bonchev–Trinajstić information content (AvgIpc) is 2.99. The van der Waals surface area contributed by atoms with E-state index < -0.39 is 74.6 Å². The number of hydrogen-bond donors (Lipinski definition) is 9. The lowest BCUT2D eigenvalue weighted by Crippen LogP contribution is -2.60. The van der Waals surface area contributed by atoms with E-state index >= 15 is 0 Å². The van der Waals surface area contributed by atoms with Gasteiger partial charge in [-0.3, -0.25) is 0 Å². The first-order chi connectivity index (χ1) is 20.1. The van der Waals surface area contributed by atoms with Gasteiger partial charge in [-0.15, -0.1) is 0 Å². The van der Waals surface area contributed by atoms with E-state index in [4.69, 9.17) is 18.9 Å². The Morgan fingerprint density at radius 1 is 0.714 bits per heavy atom. The highest BCUT2D eigenvalue weighted by molar-refractivity contribution is 5.52. The molecule has 10 atom stereocenters. The summed E-state index contributed by atoms with van der Waals surface area (Å²) < 4.78 is 21.6. The molecule has 0 aliphatic carbocycles. The minimum atomic E-state index is -1.61. The SMILES string of the molecule is OC[C@H]1O[C@@H](Oc2ccc(/C=C/CC#Cc3ccc(O[C@@H]4O[C@H](CO)[C@@H](O)[C@H](O)[C@H]4O)c(O)c3)cc2)[C@H](O)[C@@H](O)[C@@H]1O. The highest BCUT2D eigenvalue weighted by Gasteiger charge is 2.45. The van der Waals surface area contributed by atoms with Crippen LogP contribution in [-0.2, 0) is 9.47 Å². The molecule has 0 spiro atoms. The molecule has 2 aromatic rings. The molecule has 2 aromatic carbocycles. The van der Waals surface area contributed by atoms with E-state index in [0.717, 1.165) is 5.56 Å². The van der Waals surface area contributed by atoms with Crippen molar-refractivity contribution in [2.24, 2.45) is 0 Å². The molecule has 2 saturated heterocycles. The molecule has 0 unspecified atom stereocenters. The van der Waals surface area contributed by atoms with E-state index in [1.807, 2.05) is 12.2 Å². The van der Waals surface area contributed by atoms with Crippen molar-refractivity contribution in [3.63, 3.8) is 0 Å². The van der Waals surface area contributed by atoms with Gasteiger partial charge in [-0.25, -0.2) is 0 Å². The molecule has 0 amide bonds. The number of rotatable bonds is 8. The molecule has 0 bridgehead atoms. The Hall–Kier alpha value is -3.26. The van der Waals surface area contributed by atoms with Gasteiger partial charge < -0.3 is 64.9 Å². The Bertz CT molecular complexity index is 1250. The molecular formula is C29H34O13. The largest absolute Gasteiger partial charge is 0.504 e. The summed E-state index contributed by atoms with van der Waals surface area (Å²) in [7, 11) is 0. The molecule has 2 heterocycles. The summed E-state index contributed by atoms with van der Waals surface area (Å²) in [6.07, 6.45) is -10.1. The smallest absolute Gasteiger partial charge is 0.229 e. The number of allylic oxidation sites excluding steroid dienone is 1. The number of aliphatic hydroxyl groups excluding tert-OH is 8. The Morgan fingerprint density at radius 3 is 1.83 bits per heavy atom. The molecular weight excluding hydrogens is 556 g/mol. The number of phenols is 1. The highest BCUT2D eigenvalue weighted by Crippen LogP contribution is 2.31. The normalized spacial score (nSPS) is 33.1. The molecule has 228 valence electrons. The van der Waals surface area contributed by atoms with Crippen molar-refractivity contribution in [2.75, 3.05) is 13.2 Å². The van der Waals surface area contributed by atoms with E-state index in [0.29, 0.717) is 17.7 Å². The minimum absolute atomic E-state index is 0.0521. The maximum Gasteiger partial charge on any atom is 0.229 e. The third-order valence-corrected chi connectivity index (χ3v) is 6.79. The molecule has 13 heteroatoms. The third kappa shape index (κ3) is 7.38. The lowest BCUT2D eigenvalue weighted by atomic mass is 9.99. The van der Waals surface area contributed by atoms with Gasteiger partial charge in [0, 0.05) is 12.0 Å². The van der Waals surface area contributed by atoms with Crippen LogP contribution in [0, 0.1) is 11.8 Å². The van der Waals surface area contributed by atoms with Gasteiger partial charge in [-0.1, -0.05) is 36.1 Å². The Balaban J connectivity index is 1.28. The monoisotopic (exact) mass is 590 g/mol. The number of aromatic hydroxyl groups is 1. The summed E-state index contributed by atoms with van der Waals surface area (Å²) in [5.74, 6) is 5.84. The van der Waals surface area contributed by atoms with E-state index in [-0.39, 0.29) is 11.5 Å². The van der Waals surface area contributed by atoms with E-state index in [2.05, 4.69) is 11.8 Å². The summed E-state index contributed by atoms with van der Waals surface area (Å²) in [4.78, 5) is 0. The lowest BCUT2D eigenvalue weighted by molar-refractivity contribution is -0.277. The maximum atomic E-state index is 10.3. The van der Waals surface area contributed by atoms with Crippen LogP contribution >= 0.6 is 0 Å². The quantitative estimate of drug-likeness (QED) is 0.155. The topological polar surface area (TPSA) is 219 Å². The van der Waals surface area contributed by atoms with Crippen molar-refractivity contribution in [2.45, 2.75) is 67.8 Å². The second-order valence-electron chi connectivity index (χ2n) is 9.79. The van der Waals surface area contributed by atoms with Crippen LogP contribution in [0.4, 0.5) is 0 Å². The lowest BCUT2D eigenvalue weighted by Gasteiger charge is -2.39. The van der Waals surface area contributed by atoms with Gasteiger partial charge in [-0.2, -0.15) is 0 Å². The molecule has 13 nitrogen and oxygen atoms in total. The summed E-state index contributed by atoms with van der Waals surface area (Å²) in [6.45, 7) is -1.16. The van der Waals surface area contributed by atoms with Crippen molar-refractivity contribution in [1.82, 2.24) is 0 Å². The van der Waals surface area contributed by atoms with Crippen molar-refractivity contribution in [3.8, 4) is 29.1 Å². The predicted molar refractivity (Wildman–Crippen MR) is 144 cm³/mol. The van der Waals surface area contributed by atoms with Crippen LogP contribution in [0.2, 0.25) is 0 Å². The summed E-state index contributed by atoms with van der Waals surface area (Å²) in [6, 6.07) is 11.1. The molecule has 2 aliphatic heterocycles. The Kier molecular flexibility index (Phi) is 10.8. The van der Waals surface area contributed by atoms with E-state index in [9.17, 15) is 46.0 Å². The van der Waals surface area contributed by atoms with Crippen LogP contribution in [0.25, 0.3) is 6.08 Å². The average molecular weight is 591 g/mol. The summed E-state index contributed by atoms with van der Waals surface area (Å²) in [5, 5.41) is 88.6. The fraction of sp³-hybridized carbons (Fsp3) is 0.448.